The summed E-state index contributed by atoms with van der Waals surface area (Å²) in [6, 6.07) is 0. The Labute approximate surface area is 108 Å². The van der Waals surface area contributed by atoms with E-state index in [1.165, 1.54) is 57.8 Å². The van der Waals surface area contributed by atoms with Crippen LogP contribution in [0.5, 0.6) is 0 Å². The van der Waals surface area contributed by atoms with Gasteiger partial charge in [0.1, 0.15) is 0 Å². The molecule has 1 atom stereocenters. The maximum absolute atomic E-state index is 8.57. The molecular weight excluding hydrogens is 212 g/mol. The number of hydrogen-bond donors (Lipinski definition) is 1. The van der Waals surface area contributed by atoms with Crippen molar-refractivity contribution in [3.63, 3.8) is 0 Å². The van der Waals surface area contributed by atoms with Crippen LogP contribution in [-0.2, 0) is 4.74 Å². The quantitative estimate of drug-likeness (QED) is 0.459. The zero-order valence-electron chi connectivity index (χ0n) is 11.9. The Morgan fingerprint density at radius 2 is 1.24 bits per heavy atom. The fourth-order valence-electron chi connectivity index (χ4n) is 1.70. The lowest BCUT2D eigenvalue weighted by molar-refractivity contribution is 0.282. The van der Waals surface area contributed by atoms with Gasteiger partial charge in [0.05, 0.1) is 12.7 Å². The Hall–Kier alpha value is -0.0800. The van der Waals surface area contributed by atoms with Crippen LogP contribution < -0.4 is 0 Å². The fourth-order valence-corrected chi connectivity index (χ4v) is 1.70. The predicted molar refractivity (Wildman–Crippen MR) is 74.3 cm³/mol. The molecule has 17 heavy (non-hydrogen) atoms. The summed E-state index contributed by atoms with van der Waals surface area (Å²) in [7, 11) is 0. The molecule has 2 heteroatoms. The van der Waals surface area contributed by atoms with Gasteiger partial charge in [-0.1, -0.05) is 64.7 Å². The second kappa shape index (κ2) is 14.0. The summed E-state index contributed by atoms with van der Waals surface area (Å²) in [6.07, 6.45) is 13.9. The van der Waals surface area contributed by atoms with Crippen LogP contribution in [0.2, 0.25) is 0 Å². The van der Waals surface area contributed by atoms with Gasteiger partial charge in [0.25, 0.3) is 0 Å². The Kier molecular flexibility index (Phi) is 13.9. The minimum atomic E-state index is 0.372. The maximum atomic E-state index is 8.57. The van der Waals surface area contributed by atoms with Gasteiger partial charge in [0.15, 0.2) is 0 Å². The summed E-state index contributed by atoms with van der Waals surface area (Å²) in [4.78, 5) is 0. The highest BCUT2D eigenvalue weighted by Crippen LogP contribution is 2.10. The van der Waals surface area contributed by atoms with Crippen LogP contribution in [0.3, 0.4) is 0 Å². The van der Waals surface area contributed by atoms with Crippen LogP contribution >= 0.6 is 0 Å². The molecule has 1 rings (SSSR count). The van der Waals surface area contributed by atoms with Crippen molar-refractivity contribution < 1.29 is 9.84 Å². The minimum Gasteiger partial charge on any atom is -0.396 e. The van der Waals surface area contributed by atoms with E-state index in [0.717, 1.165) is 13.0 Å². The third kappa shape index (κ3) is 18.5. The van der Waals surface area contributed by atoms with Crippen LogP contribution in [-0.4, -0.2) is 24.4 Å². The fraction of sp³-hybridized carbons (Fsp3) is 1.00. The third-order valence-corrected chi connectivity index (χ3v) is 3.01. The Balaban J connectivity index is 0.000000529. The predicted octanol–water partition coefficient (Wildman–Crippen LogP) is 4.30. The molecule has 0 radical (unpaired) electrons. The molecule has 1 unspecified atom stereocenters. The maximum Gasteiger partial charge on any atom is 0.0781 e. The molecule has 0 bridgehead atoms. The van der Waals surface area contributed by atoms with Gasteiger partial charge in [0.2, 0.25) is 0 Å². The lowest BCUT2D eigenvalue weighted by Crippen LogP contribution is -1.84. The van der Waals surface area contributed by atoms with Gasteiger partial charge in [-0.05, 0) is 13.3 Å². The number of epoxide rings is 1. The molecule has 0 aromatic carbocycles. The number of aliphatic hydroxyl groups is 1. The van der Waals surface area contributed by atoms with Gasteiger partial charge in [-0.3, -0.25) is 0 Å². The summed E-state index contributed by atoms with van der Waals surface area (Å²) in [6.45, 7) is 5.67. The number of ether oxygens (including phenoxy) is 1. The smallest absolute Gasteiger partial charge is 0.0781 e. The normalized spacial score (nSPS) is 17.5. The van der Waals surface area contributed by atoms with Gasteiger partial charge >= 0.3 is 0 Å². The first-order valence-electron chi connectivity index (χ1n) is 7.53. The van der Waals surface area contributed by atoms with E-state index >= 15 is 0 Å². The molecule has 1 aliphatic rings. The van der Waals surface area contributed by atoms with Crippen molar-refractivity contribution in [1.82, 2.24) is 0 Å². The first kappa shape index (κ1) is 16.9. The van der Waals surface area contributed by atoms with E-state index in [9.17, 15) is 0 Å². The molecule has 1 N–H and O–H groups in total. The van der Waals surface area contributed by atoms with Crippen molar-refractivity contribution in [2.45, 2.75) is 84.2 Å². The SMILES string of the molecule is CC1CO1.CCCCCCCCCCCCO. The van der Waals surface area contributed by atoms with Crippen molar-refractivity contribution in [2.75, 3.05) is 13.2 Å². The molecule has 1 aliphatic heterocycles. The molecule has 1 fully saturated rings. The van der Waals surface area contributed by atoms with E-state index in [0.29, 0.717) is 12.7 Å². The molecule has 2 nitrogen and oxygen atoms in total. The Morgan fingerprint density at radius 1 is 0.882 bits per heavy atom. The van der Waals surface area contributed by atoms with Crippen molar-refractivity contribution in [3.8, 4) is 0 Å². The van der Waals surface area contributed by atoms with E-state index in [1.807, 2.05) is 0 Å². The third-order valence-electron chi connectivity index (χ3n) is 3.01. The highest BCUT2D eigenvalue weighted by atomic mass is 16.6. The van der Waals surface area contributed by atoms with Gasteiger partial charge in [0, 0.05) is 6.61 Å². The van der Waals surface area contributed by atoms with E-state index in [-0.39, 0.29) is 0 Å². The second-order valence-electron chi connectivity index (χ2n) is 5.05. The standard InChI is InChI=1S/C12H26O.C3H6O/c1-2-3-4-5-6-7-8-9-10-11-12-13;1-3-2-4-3/h13H,2-12H2,1H3;3H,2H2,1H3. The van der Waals surface area contributed by atoms with Crippen LogP contribution in [0.4, 0.5) is 0 Å². The second-order valence-corrected chi connectivity index (χ2v) is 5.05. The van der Waals surface area contributed by atoms with Crippen LogP contribution in [0.25, 0.3) is 0 Å². The number of aliphatic hydroxyl groups excluding tert-OH is 1. The number of hydrogen-bond acceptors (Lipinski definition) is 2. The molecule has 1 saturated heterocycles. The van der Waals surface area contributed by atoms with Crippen molar-refractivity contribution in [1.29, 1.82) is 0 Å². The molecule has 0 spiro atoms. The number of unbranched alkanes of at least 4 members (excludes halogenated alkanes) is 9. The van der Waals surface area contributed by atoms with E-state index in [4.69, 9.17) is 9.84 Å². The average Bonchev–Trinajstić information content (AvgIpc) is 3.11. The van der Waals surface area contributed by atoms with E-state index in [1.54, 1.807) is 0 Å². The molecule has 0 saturated carbocycles. The van der Waals surface area contributed by atoms with E-state index in [2.05, 4.69) is 13.8 Å². The summed E-state index contributed by atoms with van der Waals surface area (Å²) in [5.74, 6) is 0. The topological polar surface area (TPSA) is 32.8 Å². The molecule has 1 heterocycles. The highest BCUT2D eigenvalue weighted by molar-refractivity contribution is 4.58. The molecule has 0 aliphatic carbocycles. The van der Waals surface area contributed by atoms with Gasteiger partial charge in [-0.25, -0.2) is 0 Å². The van der Waals surface area contributed by atoms with Crippen LogP contribution in [0.1, 0.15) is 78.1 Å². The van der Waals surface area contributed by atoms with Crippen molar-refractivity contribution >= 4 is 0 Å². The Morgan fingerprint density at radius 3 is 1.53 bits per heavy atom. The van der Waals surface area contributed by atoms with Crippen LogP contribution in [0, 0.1) is 0 Å². The molecule has 104 valence electrons. The largest absolute Gasteiger partial charge is 0.396 e. The van der Waals surface area contributed by atoms with Crippen LogP contribution in [0.15, 0.2) is 0 Å². The monoisotopic (exact) mass is 244 g/mol. The summed E-state index contributed by atoms with van der Waals surface area (Å²) < 4.78 is 4.71. The van der Waals surface area contributed by atoms with E-state index < -0.39 is 0 Å². The summed E-state index contributed by atoms with van der Waals surface area (Å²) in [5, 5.41) is 8.57. The molecule has 0 amide bonds. The number of rotatable bonds is 10. The lowest BCUT2D eigenvalue weighted by Gasteiger charge is -2.00. The summed E-state index contributed by atoms with van der Waals surface area (Å²) >= 11 is 0. The van der Waals surface area contributed by atoms with Gasteiger partial charge in [-0.2, -0.15) is 0 Å². The van der Waals surface area contributed by atoms with Crippen molar-refractivity contribution in [2.24, 2.45) is 0 Å². The average molecular weight is 244 g/mol. The van der Waals surface area contributed by atoms with Gasteiger partial charge in [-0.15, -0.1) is 0 Å². The zero-order valence-corrected chi connectivity index (χ0v) is 11.9. The zero-order chi connectivity index (χ0) is 12.8. The molecular formula is C15H32O2. The lowest BCUT2D eigenvalue weighted by atomic mass is 10.1. The van der Waals surface area contributed by atoms with Gasteiger partial charge < -0.3 is 9.84 Å². The Bertz CT molecular complexity index is 123. The summed E-state index contributed by atoms with van der Waals surface area (Å²) in [5.41, 5.74) is 0. The first-order chi connectivity index (χ1) is 8.31. The molecule has 0 aromatic rings. The minimum absolute atomic E-state index is 0.372. The molecule has 0 aromatic heterocycles. The highest BCUT2D eigenvalue weighted by Gasteiger charge is 2.13. The van der Waals surface area contributed by atoms with Crippen molar-refractivity contribution in [3.05, 3.63) is 0 Å². The first-order valence-corrected chi connectivity index (χ1v) is 7.53.